The van der Waals surface area contributed by atoms with Crippen LogP contribution in [-0.2, 0) is 30.4 Å². The lowest BCUT2D eigenvalue weighted by Gasteiger charge is -2.23. The van der Waals surface area contributed by atoms with Crippen LogP contribution in [0.5, 0.6) is 0 Å². The summed E-state index contributed by atoms with van der Waals surface area (Å²) in [5.74, 6) is -5.04. The van der Waals surface area contributed by atoms with E-state index in [4.69, 9.17) is 16.6 Å². The van der Waals surface area contributed by atoms with Gasteiger partial charge in [-0.15, -0.1) is 0 Å². The molecule has 0 aliphatic rings. The summed E-state index contributed by atoms with van der Waals surface area (Å²) in [4.78, 5) is 63.5. The molecule has 0 spiro atoms. The smallest absolute Gasteiger partial charge is 0.322 e. The Hall–Kier alpha value is -3.97. The number of unbranched alkanes of at least 4 members (excludes halogenated alkanes) is 1. The van der Waals surface area contributed by atoms with Crippen molar-refractivity contribution in [3.8, 4) is 0 Å². The van der Waals surface area contributed by atoms with Gasteiger partial charge < -0.3 is 42.6 Å². The summed E-state index contributed by atoms with van der Waals surface area (Å²) in [6, 6.07) is 3.53. The zero-order chi connectivity index (χ0) is 26.7. The summed E-state index contributed by atoms with van der Waals surface area (Å²) < 4.78 is 0. The summed E-state index contributed by atoms with van der Waals surface area (Å²) in [7, 11) is 0. The van der Waals surface area contributed by atoms with Crippen LogP contribution in [-0.4, -0.2) is 76.1 Å². The number of nitrogens with two attached hydrogens (primary N) is 2. The molecule has 196 valence electrons. The maximum absolute atomic E-state index is 13.0. The van der Waals surface area contributed by atoms with Crippen molar-refractivity contribution in [3.63, 3.8) is 0 Å². The molecule has 2 aromatic rings. The molecule has 10 N–H and O–H groups in total. The zero-order valence-corrected chi connectivity index (χ0v) is 19.7. The third-order valence-electron chi connectivity index (χ3n) is 5.46. The molecular formula is C23H32N6O7. The van der Waals surface area contributed by atoms with Crippen LogP contribution in [0.4, 0.5) is 0 Å². The average molecular weight is 505 g/mol. The fraction of sp³-hybridized carbons (Fsp3) is 0.435. The van der Waals surface area contributed by atoms with E-state index in [0.717, 1.165) is 10.9 Å². The number of hydrogen-bond donors (Lipinski definition) is 8. The number of benzene rings is 1. The Kier molecular flexibility index (Phi) is 10.8. The van der Waals surface area contributed by atoms with E-state index in [2.05, 4.69) is 20.9 Å². The van der Waals surface area contributed by atoms with E-state index in [1.807, 2.05) is 18.2 Å². The minimum absolute atomic E-state index is 0.0203. The third kappa shape index (κ3) is 8.67. The molecule has 13 heteroatoms. The first kappa shape index (κ1) is 28.3. The van der Waals surface area contributed by atoms with Crippen LogP contribution in [0, 0.1) is 0 Å². The summed E-state index contributed by atoms with van der Waals surface area (Å²) in [5.41, 5.74) is 12.7. The Morgan fingerprint density at radius 2 is 1.61 bits per heavy atom. The highest BCUT2D eigenvalue weighted by Crippen LogP contribution is 2.19. The molecule has 0 saturated carbocycles. The topological polar surface area (TPSA) is 230 Å². The van der Waals surface area contributed by atoms with E-state index in [1.54, 1.807) is 12.3 Å². The van der Waals surface area contributed by atoms with Crippen LogP contribution in [0.2, 0.25) is 0 Å². The van der Waals surface area contributed by atoms with Gasteiger partial charge in [-0.05, 0) is 31.0 Å². The van der Waals surface area contributed by atoms with Gasteiger partial charge in [-0.3, -0.25) is 24.0 Å². The third-order valence-corrected chi connectivity index (χ3v) is 5.46. The van der Waals surface area contributed by atoms with E-state index in [-0.39, 0.29) is 6.42 Å². The number of carbonyl (C=O) groups excluding carboxylic acids is 3. The number of fused-ring (bicyclic) bond motifs is 1. The number of carboxylic acids is 2. The van der Waals surface area contributed by atoms with Gasteiger partial charge in [0.05, 0.1) is 12.5 Å². The summed E-state index contributed by atoms with van der Waals surface area (Å²) in [5, 5.41) is 25.9. The predicted octanol–water partition coefficient (Wildman–Crippen LogP) is -1.19. The minimum atomic E-state index is -1.51. The highest BCUT2D eigenvalue weighted by Gasteiger charge is 2.30. The Labute approximate surface area is 207 Å². The molecule has 1 aromatic carbocycles. The van der Waals surface area contributed by atoms with Crippen molar-refractivity contribution in [2.75, 3.05) is 13.1 Å². The molecule has 1 aromatic heterocycles. The molecule has 0 bridgehead atoms. The van der Waals surface area contributed by atoms with Gasteiger partial charge in [-0.1, -0.05) is 24.6 Å². The van der Waals surface area contributed by atoms with Crippen molar-refractivity contribution >= 4 is 40.6 Å². The molecular weight excluding hydrogens is 472 g/mol. The molecule has 3 unspecified atom stereocenters. The second-order valence-corrected chi connectivity index (χ2v) is 8.29. The van der Waals surface area contributed by atoms with Crippen LogP contribution in [0.3, 0.4) is 0 Å². The highest BCUT2D eigenvalue weighted by molar-refractivity contribution is 5.96. The van der Waals surface area contributed by atoms with Gasteiger partial charge in [0.1, 0.15) is 18.6 Å². The SMILES string of the molecule is NCCCCC(N)C(=O)NC(CC(=O)O)C(=O)NC(Cc1c[nH]c2ccccc12)C(=O)NCC(=O)O. The minimum Gasteiger partial charge on any atom is -0.481 e. The number of para-hydroxylation sites is 1. The molecule has 0 fully saturated rings. The molecule has 0 aliphatic heterocycles. The van der Waals surface area contributed by atoms with Crippen LogP contribution in [0.25, 0.3) is 10.9 Å². The van der Waals surface area contributed by atoms with Crippen LogP contribution in [0.15, 0.2) is 30.5 Å². The van der Waals surface area contributed by atoms with Crippen molar-refractivity contribution in [1.29, 1.82) is 0 Å². The van der Waals surface area contributed by atoms with E-state index < -0.39 is 60.8 Å². The fourth-order valence-corrected chi connectivity index (χ4v) is 3.59. The number of carbonyl (C=O) groups is 5. The number of carboxylic acid groups (broad SMARTS) is 2. The number of aliphatic carboxylic acids is 2. The summed E-state index contributed by atoms with van der Waals surface area (Å²) in [6.07, 6.45) is 2.42. The largest absolute Gasteiger partial charge is 0.481 e. The first-order valence-electron chi connectivity index (χ1n) is 11.4. The van der Waals surface area contributed by atoms with E-state index in [0.29, 0.717) is 31.4 Å². The second-order valence-electron chi connectivity index (χ2n) is 8.29. The van der Waals surface area contributed by atoms with E-state index in [1.165, 1.54) is 0 Å². The first-order chi connectivity index (χ1) is 17.1. The normalized spacial score (nSPS) is 13.4. The number of H-pyrrole nitrogens is 1. The summed E-state index contributed by atoms with van der Waals surface area (Å²) in [6.45, 7) is -0.244. The van der Waals surface area contributed by atoms with Gasteiger partial charge in [0.15, 0.2) is 0 Å². The van der Waals surface area contributed by atoms with Crippen molar-refractivity contribution in [2.45, 2.75) is 50.2 Å². The van der Waals surface area contributed by atoms with Gasteiger partial charge >= 0.3 is 11.9 Å². The first-order valence-corrected chi connectivity index (χ1v) is 11.4. The van der Waals surface area contributed by atoms with E-state index in [9.17, 15) is 29.1 Å². The Morgan fingerprint density at radius 1 is 0.917 bits per heavy atom. The van der Waals surface area contributed by atoms with Crippen LogP contribution in [0.1, 0.15) is 31.2 Å². The predicted molar refractivity (Wildman–Crippen MR) is 130 cm³/mol. The zero-order valence-electron chi connectivity index (χ0n) is 19.7. The van der Waals surface area contributed by atoms with Gasteiger partial charge in [0.25, 0.3) is 0 Å². The number of aromatic nitrogens is 1. The molecule has 36 heavy (non-hydrogen) atoms. The number of nitrogens with one attached hydrogen (secondary N) is 4. The van der Waals surface area contributed by atoms with Crippen molar-refractivity contribution in [3.05, 3.63) is 36.0 Å². The van der Waals surface area contributed by atoms with E-state index >= 15 is 0 Å². The standard InChI is InChI=1S/C23H32N6O7/c24-8-4-3-6-15(25)21(34)28-18(10-19(30)31)23(36)29-17(22(35)27-12-20(32)33)9-13-11-26-16-7-2-1-5-14(13)16/h1-2,5,7,11,15,17-18,26H,3-4,6,8-10,12,24-25H2,(H,27,35)(H,28,34)(H,29,36)(H,30,31)(H,32,33). The van der Waals surface area contributed by atoms with Crippen molar-refractivity contribution < 1.29 is 34.2 Å². The average Bonchev–Trinajstić information content (AvgIpc) is 3.24. The molecule has 13 nitrogen and oxygen atoms in total. The lowest BCUT2D eigenvalue weighted by molar-refractivity contribution is -0.141. The number of rotatable bonds is 15. The molecule has 0 saturated heterocycles. The fourth-order valence-electron chi connectivity index (χ4n) is 3.59. The Morgan fingerprint density at radius 3 is 2.28 bits per heavy atom. The quantitative estimate of drug-likeness (QED) is 0.136. The Bertz CT molecular complexity index is 1090. The highest BCUT2D eigenvalue weighted by atomic mass is 16.4. The van der Waals surface area contributed by atoms with Gasteiger partial charge in [-0.2, -0.15) is 0 Å². The molecule has 1 heterocycles. The number of amides is 3. The lowest BCUT2D eigenvalue weighted by atomic mass is 10.0. The maximum Gasteiger partial charge on any atom is 0.322 e. The molecule has 3 atom stereocenters. The van der Waals surface area contributed by atoms with Crippen molar-refractivity contribution in [1.82, 2.24) is 20.9 Å². The second kappa shape index (κ2) is 13.8. The molecule has 2 rings (SSSR count). The van der Waals surface area contributed by atoms with Crippen LogP contribution < -0.4 is 27.4 Å². The van der Waals surface area contributed by atoms with Crippen LogP contribution >= 0.6 is 0 Å². The Balaban J connectivity index is 2.19. The van der Waals surface area contributed by atoms with Gasteiger partial charge in [0, 0.05) is 23.5 Å². The molecule has 0 aliphatic carbocycles. The van der Waals surface area contributed by atoms with Gasteiger partial charge in [-0.25, -0.2) is 0 Å². The maximum atomic E-state index is 13.0. The molecule has 3 amide bonds. The number of hydrogen-bond acceptors (Lipinski definition) is 7. The lowest BCUT2D eigenvalue weighted by Crippen LogP contribution is -2.57. The van der Waals surface area contributed by atoms with Crippen molar-refractivity contribution in [2.24, 2.45) is 11.5 Å². The molecule has 0 radical (unpaired) electrons. The monoisotopic (exact) mass is 504 g/mol. The van der Waals surface area contributed by atoms with Gasteiger partial charge in [0.2, 0.25) is 17.7 Å². The summed E-state index contributed by atoms with van der Waals surface area (Å²) >= 11 is 0. The number of aromatic amines is 1.